The van der Waals surface area contributed by atoms with Crippen molar-refractivity contribution in [1.82, 2.24) is 4.98 Å². The standard InChI is InChI=1S/C28H26N2O5S2/c1-3-5-13-35-18-9-6-8-17(15-18)25(31)23-24(21-10-7-14-36-21)30(27(33)26(23)32)28-29-20-12-11-19(34-4-2)16-22(20)37-28/h6-12,14-16,24,31H,3-5,13H2,1-2H3. The second-order valence-corrected chi connectivity index (χ2v) is 10.5. The molecule has 3 heterocycles. The first kappa shape index (κ1) is 25.0. The topological polar surface area (TPSA) is 89.0 Å². The highest BCUT2D eigenvalue weighted by Gasteiger charge is 2.48. The molecule has 190 valence electrons. The molecule has 2 aromatic carbocycles. The van der Waals surface area contributed by atoms with Crippen LogP contribution in [0.15, 0.2) is 65.6 Å². The fraction of sp³-hybridized carbons (Fsp3) is 0.250. The summed E-state index contributed by atoms with van der Waals surface area (Å²) in [6.07, 6.45) is 1.91. The summed E-state index contributed by atoms with van der Waals surface area (Å²) in [7, 11) is 0. The van der Waals surface area contributed by atoms with E-state index in [2.05, 4.69) is 11.9 Å². The van der Waals surface area contributed by atoms with Crippen LogP contribution in [-0.2, 0) is 9.59 Å². The van der Waals surface area contributed by atoms with Gasteiger partial charge in [-0.1, -0.05) is 42.9 Å². The summed E-state index contributed by atoms with van der Waals surface area (Å²) >= 11 is 2.72. The molecule has 1 unspecified atom stereocenters. The van der Waals surface area contributed by atoms with Crippen molar-refractivity contribution in [2.24, 2.45) is 0 Å². The molecule has 0 saturated carbocycles. The first-order valence-corrected chi connectivity index (χ1v) is 13.8. The van der Waals surface area contributed by atoms with Gasteiger partial charge in [0, 0.05) is 10.4 Å². The number of ether oxygens (including phenoxy) is 2. The minimum absolute atomic E-state index is 0.0346. The summed E-state index contributed by atoms with van der Waals surface area (Å²) in [4.78, 5) is 33.6. The summed E-state index contributed by atoms with van der Waals surface area (Å²) in [6.45, 7) is 5.09. The molecule has 0 aliphatic carbocycles. The fourth-order valence-electron chi connectivity index (χ4n) is 4.22. The normalized spacial score (nSPS) is 17.0. The number of aromatic nitrogens is 1. The van der Waals surface area contributed by atoms with Crippen LogP contribution in [0.5, 0.6) is 11.5 Å². The molecular weight excluding hydrogens is 508 g/mol. The number of amides is 1. The Labute approximate surface area is 222 Å². The number of thiophene rings is 1. The Morgan fingerprint density at radius 2 is 1.89 bits per heavy atom. The summed E-state index contributed by atoms with van der Waals surface area (Å²) in [5.41, 5.74) is 1.15. The summed E-state index contributed by atoms with van der Waals surface area (Å²) < 4.78 is 12.2. The first-order valence-electron chi connectivity index (χ1n) is 12.1. The number of benzene rings is 2. The van der Waals surface area contributed by atoms with Crippen molar-refractivity contribution in [3.63, 3.8) is 0 Å². The highest BCUT2D eigenvalue weighted by Crippen LogP contribution is 2.45. The number of carbonyl (C=O) groups is 2. The van der Waals surface area contributed by atoms with Gasteiger partial charge in [-0.05, 0) is 55.1 Å². The Bertz CT molecular complexity index is 1480. The number of thiazole rings is 1. The number of rotatable bonds is 9. The van der Waals surface area contributed by atoms with E-state index in [1.807, 2.05) is 42.6 Å². The van der Waals surface area contributed by atoms with E-state index in [4.69, 9.17) is 9.47 Å². The predicted octanol–water partition coefficient (Wildman–Crippen LogP) is 6.56. The monoisotopic (exact) mass is 534 g/mol. The number of Topliss-reactive ketones (excluding diaryl/α,β-unsaturated/α-hetero) is 1. The van der Waals surface area contributed by atoms with Crippen molar-refractivity contribution < 1.29 is 24.2 Å². The highest BCUT2D eigenvalue weighted by atomic mass is 32.1. The molecule has 1 aliphatic heterocycles. The van der Waals surface area contributed by atoms with Gasteiger partial charge in [-0.2, -0.15) is 0 Å². The van der Waals surface area contributed by atoms with Crippen molar-refractivity contribution in [1.29, 1.82) is 0 Å². The van der Waals surface area contributed by atoms with Gasteiger partial charge in [0.15, 0.2) is 5.13 Å². The number of hydrogen-bond acceptors (Lipinski definition) is 8. The Kier molecular flexibility index (Phi) is 7.25. The fourth-order valence-corrected chi connectivity index (χ4v) is 6.07. The predicted molar refractivity (Wildman–Crippen MR) is 147 cm³/mol. The molecule has 1 fully saturated rings. The van der Waals surface area contributed by atoms with Crippen LogP contribution < -0.4 is 14.4 Å². The third-order valence-corrected chi connectivity index (χ3v) is 7.94. The van der Waals surface area contributed by atoms with Crippen molar-refractivity contribution >= 4 is 55.5 Å². The Hall–Kier alpha value is -3.69. The molecule has 1 amide bonds. The number of aliphatic hydroxyl groups excluding tert-OH is 1. The van der Waals surface area contributed by atoms with Crippen LogP contribution in [0.4, 0.5) is 5.13 Å². The number of nitrogens with zero attached hydrogens (tertiary/aromatic N) is 2. The van der Waals surface area contributed by atoms with Crippen LogP contribution in [-0.4, -0.2) is 35.0 Å². The highest BCUT2D eigenvalue weighted by molar-refractivity contribution is 7.22. The lowest BCUT2D eigenvalue weighted by atomic mass is 10.00. The van der Waals surface area contributed by atoms with Crippen molar-refractivity contribution in [2.45, 2.75) is 32.7 Å². The molecule has 9 heteroatoms. The average molecular weight is 535 g/mol. The molecule has 0 bridgehead atoms. The first-order chi connectivity index (χ1) is 18.0. The number of aliphatic hydroxyl groups is 1. The third-order valence-electron chi connectivity index (χ3n) is 6.00. The van der Waals surface area contributed by atoms with Crippen LogP contribution in [0.25, 0.3) is 16.0 Å². The molecule has 1 atom stereocenters. The van der Waals surface area contributed by atoms with Crippen LogP contribution in [0.3, 0.4) is 0 Å². The van der Waals surface area contributed by atoms with Crippen molar-refractivity contribution in [3.8, 4) is 11.5 Å². The largest absolute Gasteiger partial charge is 0.507 e. The Morgan fingerprint density at radius 1 is 1.05 bits per heavy atom. The number of anilines is 1. The van der Waals surface area contributed by atoms with E-state index in [1.165, 1.54) is 27.6 Å². The molecule has 1 saturated heterocycles. The molecule has 7 nitrogen and oxygen atoms in total. The molecular formula is C28H26N2O5S2. The van der Waals surface area contributed by atoms with E-state index in [0.29, 0.717) is 40.9 Å². The number of hydrogen-bond donors (Lipinski definition) is 1. The number of unbranched alkanes of at least 4 members (excludes halogenated alkanes) is 1. The zero-order chi connectivity index (χ0) is 25.9. The number of fused-ring (bicyclic) bond motifs is 1. The van der Waals surface area contributed by atoms with Gasteiger partial charge >= 0.3 is 5.91 Å². The second-order valence-electron chi connectivity index (χ2n) is 8.47. The second kappa shape index (κ2) is 10.7. The van der Waals surface area contributed by atoms with Gasteiger partial charge in [0.1, 0.15) is 23.3 Å². The van der Waals surface area contributed by atoms with Crippen molar-refractivity contribution in [2.75, 3.05) is 18.1 Å². The number of carbonyl (C=O) groups excluding carboxylic acids is 2. The Morgan fingerprint density at radius 3 is 2.65 bits per heavy atom. The lowest BCUT2D eigenvalue weighted by Crippen LogP contribution is -2.28. The molecule has 0 radical (unpaired) electrons. The van der Waals surface area contributed by atoms with E-state index < -0.39 is 17.7 Å². The quantitative estimate of drug-likeness (QED) is 0.113. The Balaban J connectivity index is 1.59. The maximum atomic E-state index is 13.4. The zero-order valence-electron chi connectivity index (χ0n) is 20.5. The summed E-state index contributed by atoms with van der Waals surface area (Å²) in [6, 6.07) is 15.4. The van der Waals surface area contributed by atoms with Gasteiger partial charge in [0.05, 0.1) is 29.0 Å². The SMILES string of the molecule is CCCCOc1cccc(C(O)=C2C(=O)C(=O)N(c3nc4ccc(OCC)cc4s3)C2c2cccs2)c1. The smallest absolute Gasteiger partial charge is 0.301 e. The lowest BCUT2D eigenvalue weighted by molar-refractivity contribution is -0.132. The number of ketones is 1. The van der Waals surface area contributed by atoms with E-state index in [9.17, 15) is 14.7 Å². The minimum Gasteiger partial charge on any atom is -0.507 e. The third kappa shape index (κ3) is 4.84. The van der Waals surface area contributed by atoms with E-state index >= 15 is 0 Å². The minimum atomic E-state index is -0.795. The van der Waals surface area contributed by atoms with Gasteiger partial charge in [-0.25, -0.2) is 4.98 Å². The molecule has 5 rings (SSSR count). The summed E-state index contributed by atoms with van der Waals surface area (Å²) in [5.74, 6) is -0.402. The van der Waals surface area contributed by atoms with Gasteiger partial charge in [-0.15, -0.1) is 11.3 Å². The van der Waals surface area contributed by atoms with E-state index in [1.54, 1.807) is 24.3 Å². The van der Waals surface area contributed by atoms with E-state index in [-0.39, 0.29) is 11.3 Å². The molecule has 4 aromatic rings. The average Bonchev–Trinajstić information content (AvgIpc) is 3.63. The lowest BCUT2D eigenvalue weighted by Gasteiger charge is -2.21. The maximum Gasteiger partial charge on any atom is 0.301 e. The molecule has 37 heavy (non-hydrogen) atoms. The molecule has 0 spiro atoms. The van der Waals surface area contributed by atoms with Crippen LogP contribution in [0.2, 0.25) is 0 Å². The van der Waals surface area contributed by atoms with Crippen LogP contribution in [0, 0.1) is 0 Å². The van der Waals surface area contributed by atoms with Gasteiger partial charge in [0.2, 0.25) is 0 Å². The van der Waals surface area contributed by atoms with Crippen LogP contribution >= 0.6 is 22.7 Å². The molecule has 1 N–H and O–H groups in total. The summed E-state index contributed by atoms with van der Waals surface area (Å²) in [5, 5.41) is 13.6. The van der Waals surface area contributed by atoms with E-state index in [0.717, 1.165) is 22.4 Å². The molecule has 1 aliphatic rings. The van der Waals surface area contributed by atoms with Crippen LogP contribution in [0.1, 0.15) is 43.2 Å². The van der Waals surface area contributed by atoms with Gasteiger partial charge < -0.3 is 14.6 Å². The van der Waals surface area contributed by atoms with Gasteiger partial charge in [-0.3, -0.25) is 14.5 Å². The van der Waals surface area contributed by atoms with Crippen molar-refractivity contribution in [3.05, 3.63) is 76.0 Å². The maximum absolute atomic E-state index is 13.4. The zero-order valence-corrected chi connectivity index (χ0v) is 22.1. The van der Waals surface area contributed by atoms with Gasteiger partial charge in [0.25, 0.3) is 5.78 Å². The molecule has 2 aromatic heterocycles.